The number of hydrogen-bond acceptors (Lipinski definition) is 12. The SMILES string of the molecule is C.C.CCCCC[C@](C)(CCC(C)=O)Nc1nc(N)nc2cc(Cl)cnc12.CCCCC[C@](C)(CCC(C)=O)Nc1nc(N)nc2cccnc12. The summed E-state index contributed by atoms with van der Waals surface area (Å²) < 4.78 is 0. The Morgan fingerprint density at radius 3 is 1.67 bits per heavy atom. The molecular weight excluding hydrogens is 664 g/mol. The van der Waals surface area contributed by atoms with Crippen molar-refractivity contribution in [2.45, 2.75) is 145 Å². The molecule has 0 radical (unpaired) electrons. The topological polar surface area (TPSA) is 188 Å². The van der Waals surface area contributed by atoms with Crippen molar-refractivity contribution in [2.75, 3.05) is 22.1 Å². The summed E-state index contributed by atoms with van der Waals surface area (Å²) in [5.74, 6) is 1.99. The molecule has 4 aromatic rings. The van der Waals surface area contributed by atoms with Gasteiger partial charge in [0.15, 0.2) is 11.6 Å². The number of aromatic nitrogens is 6. The third-order valence-corrected chi connectivity index (χ3v) is 8.76. The normalized spacial score (nSPS) is 13.1. The number of Topliss-reactive ketones (excluding diaryl/α,β-unsaturated/α-hetero) is 2. The van der Waals surface area contributed by atoms with Crippen molar-refractivity contribution >= 4 is 68.8 Å². The Balaban J connectivity index is 0.000000491. The molecule has 2 atom stereocenters. The minimum atomic E-state index is -0.268. The van der Waals surface area contributed by atoms with Crippen LogP contribution in [0.25, 0.3) is 22.1 Å². The van der Waals surface area contributed by atoms with Gasteiger partial charge in [-0.05, 0) is 71.6 Å². The molecule has 4 heterocycles. The molecule has 51 heavy (non-hydrogen) atoms. The van der Waals surface area contributed by atoms with Crippen LogP contribution in [0.4, 0.5) is 23.5 Å². The van der Waals surface area contributed by atoms with Crippen LogP contribution in [0.5, 0.6) is 0 Å². The highest BCUT2D eigenvalue weighted by Gasteiger charge is 2.27. The fourth-order valence-corrected chi connectivity index (χ4v) is 5.83. The van der Waals surface area contributed by atoms with Gasteiger partial charge in [-0.1, -0.05) is 78.8 Å². The number of carbonyl (C=O) groups is 2. The molecule has 4 aromatic heterocycles. The summed E-state index contributed by atoms with van der Waals surface area (Å²) in [4.78, 5) is 48.8. The largest absolute Gasteiger partial charge is 0.368 e. The number of fused-ring (bicyclic) bond motifs is 2. The lowest BCUT2D eigenvalue weighted by Crippen LogP contribution is -2.36. The maximum absolute atomic E-state index is 11.5. The molecule has 0 aliphatic heterocycles. The van der Waals surface area contributed by atoms with Gasteiger partial charge in [-0.2, -0.15) is 9.97 Å². The van der Waals surface area contributed by atoms with E-state index in [9.17, 15) is 9.59 Å². The average molecular weight is 725 g/mol. The summed E-state index contributed by atoms with van der Waals surface area (Å²) in [5, 5.41) is 7.49. The van der Waals surface area contributed by atoms with Crippen molar-refractivity contribution in [2.24, 2.45) is 0 Å². The lowest BCUT2D eigenvalue weighted by Gasteiger charge is -2.32. The number of anilines is 4. The second kappa shape index (κ2) is 21.2. The van der Waals surface area contributed by atoms with Crippen molar-refractivity contribution in [1.29, 1.82) is 0 Å². The van der Waals surface area contributed by atoms with Crippen LogP contribution >= 0.6 is 11.6 Å². The zero-order valence-corrected chi connectivity index (χ0v) is 30.7. The van der Waals surface area contributed by atoms with Gasteiger partial charge < -0.3 is 31.7 Å². The van der Waals surface area contributed by atoms with Crippen LogP contribution < -0.4 is 22.1 Å². The molecule has 0 fully saturated rings. The second-order valence-electron chi connectivity index (χ2n) is 13.4. The first kappa shape index (κ1) is 44.8. The predicted octanol–water partition coefficient (Wildman–Crippen LogP) is 9.38. The third kappa shape index (κ3) is 14.5. The Kier molecular flexibility index (Phi) is 18.7. The molecule has 0 saturated carbocycles. The Morgan fingerprint density at radius 2 is 1.20 bits per heavy atom. The number of unbranched alkanes of at least 4 members (excludes halogenated alkanes) is 4. The van der Waals surface area contributed by atoms with Crippen LogP contribution in [-0.4, -0.2) is 52.5 Å². The lowest BCUT2D eigenvalue weighted by atomic mass is 9.88. The summed E-state index contributed by atoms with van der Waals surface area (Å²) in [7, 11) is 0. The highest BCUT2D eigenvalue weighted by molar-refractivity contribution is 6.31. The highest BCUT2D eigenvalue weighted by atomic mass is 35.5. The summed E-state index contributed by atoms with van der Waals surface area (Å²) in [6.07, 6.45) is 14.5. The van der Waals surface area contributed by atoms with Gasteiger partial charge in [0.1, 0.15) is 22.6 Å². The van der Waals surface area contributed by atoms with Crippen LogP contribution in [-0.2, 0) is 9.59 Å². The van der Waals surface area contributed by atoms with Crippen molar-refractivity contribution in [3.05, 3.63) is 35.6 Å². The third-order valence-electron chi connectivity index (χ3n) is 8.55. The second-order valence-corrected chi connectivity index (χ2v) is 13.9. The molecule has 0 saturated heterocycles. The van der Waals surface area contributed by atoms with Gasteiger partial charge in [-0.25, -0.2) is 15.0 Å². The van der Waals surface area contributed by atoms with Crippen LogP contribution in [0.15, 0.2) is 30.6 Å². The quantitative estimate of drug-likeness (QED) is 0.0713. The highest BCUT2D eigenvalue weighted by Crippen LogP contribution is 2.31. The van der Waals surface area contributed by atoms with E-state index in [0.29, 0.717) is 46.1 Å². The molecule has 12 nitrogen and oxygen atoms in total. The van der Waals surface area contributed by atoms with Gasteiger partial charge in [0, 0.05) is 36.3 Å². The first-order valence-corrected chi connectivity index (χ1v) is 17.7. The number of nitrogens with one attached hydrogen (secondary N) is 2. The molecule has 0 amide bonds. The molecule has 0 unspecified atom stereocenters. The molecule has 282 valence electrons. The van der Waals surface area contributed by atoms with Crippen LogP contribution in [0, 0.1) is 0 Å². The lowest BCUT2D eigenvalue weighted by molar-refractivity contribution is -0.118. The van der Waals surface area contributed by atoms with Crippen molar-refractivity contribution in [3.8, 4) is 0 Å². The number of nitrogen functional groups attached to an aromatic ring is 2. The zero-order valence-electron chi connectivity index (χ0n) is 29.9. The molecule has 0 aromatic carbocycles. The first-order valence-electron chi connectivity index (χ1n) is 17.3. The van der Waals surface area contributed by atoms with E-state index in [2.05, 4.69) is 68.2 Å². The van der Waals surface area contributed by atoms with E-state index in [-0.39, 0.29) is 49.4 Å². The van der Waals surface area contributed by atoms with E-state index in [4.69, 9.17) is 23.1 Å². The number of pyridine rings is 2. The van der Waals surface area contributed by atoms with Gasteiger partial charge in [-0.15, -0.1) is 0 Å². The number of nitrogens with two attached hydrogens (primary N) is 2. The number of hydrogen-bond donors (Lipinski definition) is 4. The minimum Gasteiger partial charge on any atom is -0.368 e. The van der Waals surface area contributed by atoms with E-state index in [1.165, 1.54) is 6.42 Å². The predicted molar refractivity (Wildman–Crippen MR) is 214 cm³/mol. The number of halogens is 1. The Morgan fingerprint density at radius 1 is 0.725 bits per heavy atom. The standard InChI is InChI=1S/C18H26ClN5O.C18H27N5O.2CH4/c1-4-5-6-8-18(3,9-7-12(2)25)24-16-15-14(22-17(20)23-16)10-13(19)11-21-15;1-4-5-6-10-18(3,11-9-13(2)24)23-16-15-14(8-7-12-20-15)21-17(19)22-16;;/h10-11H,4-9H2,1-3H3,(H3,20,22,23,24);7-8,12H,4-6,9-11H2,1-3H3,(H3,19,21,22,23);2*1H4/t2*18-;;/m11../s1. The number of nitrogens with zero attached hydrogens (tertiary/aromatic N) is 6. The summed E-state index contributed by atoms with van der Waals surface area (Å²) >= 11 is 6.00. The van der Waals surface area contributed by atoms with E-state index in [1.807, 2.05) is 12.1 Å². The molecule has 0 aliphatic rings. The number of carbonyl (C=O) groups excluding carboxylic acids is 2. The smallest absolute Gasteiger partial charge is 0.222 e. The van der Waals surface area contributed by atoms with Gasteiger partial charge in [-0.3, -0.25) is 4.98 Å². The number of ketones is 2. The van der Waals surface area contributed by atoms with Crippen molar-refractivity contribution in [1.82, 2.24) is 29.9 Å². The van der Waals surface area contributed by atoms with Crippen LogP contribution in [0.1, 0.15) is 133 Å². The Hall–Kier alpha value is -4.19. The maximum Gasteiger partial charge on any atom is 0.222 e. The molecule has 0 aliphatic carbocycles. The molecule has 0 bridgehead atoms. The van der Waals surface area contributed by atoms with E-state index in [0.717, 1.165) is 63.3 Å². The van der Waals surface area contributed by atoms with Crippen molar-refractivity contribution < 1.29 is 9.59 Å². The monoisotopic (exact) mass is 724 g/mol. The summed E-state index contributed by atoms with van der Waals surface area (Å²) in [6.45, 7) is 11.9. The van der Waals surface area contributed by atoms with Crippen molar-refractivity contribution in [3.63, 3.8) is 0 Å². The fraction of sp³-hybridized carbons (Fsp3) is 0.579. The Labute approximate surface area is 309 Å². The van der Waals surface area contributed by atoms with Crippen LogP contribution in [0.3, 0.4) is 0 Å². The molecule has 13 heteroatoms. The van der Waals surface area contributed by atoms with Crippen LogP contribution in [0.2, 0.25) is 5.02 Å². The van der Waals surface area contributed by atoms with E-state index < -0.39 is 0 Å². The molecule has 0 spiro atoms. The van der Waals surface area contributed by atoms with Gasteiger partial charge in [0.05, 0.1) is 16.1 Å². The molecule has 6 N–H and O–H groups in total. The van der Waals surface area contributed by atoms with Gasteiger partial charge >= 0.3 is 0 Å². The maximum atomic E-state index is 11.5. The fourth-order valence-electron chi connectivity index (χ4n) is 5.68. The average Bonchev–Trinajstić information content (AvgIpc) is 3.03. The van der Waals surface area contributed by atoms with E-state index in [1.54, 1.807) is 32.3 Å². The van der Waals surface area contributed by atoms with Gasteiger partial charge in [0.25, 0.3) is 0 Å². The zero-order chi connectivity index (χ0) is 36.0. The number of rotatable bonds is 18. The van der Waals surface area contributed by atoms with E-state index >= 15 is 0 Å². The molecule has 4 rings (SSSR count). The first-order chi connectivity index (χ1) is 23.3. The minimum absolute atomic E-state index is 0. The van der Waals surface area contributed by atoms with Gasteiger partial charge in [0.2, 0.25) is 11.9 Å². The Bertz CT molecular complexity index is 1700. The summed E-state index contributed by atoms with van der Waals surface area (Å²) in [6, 6.07) is 5.42. The molecular formula is C38H61ClN10O2. The summed E-state index contributed by atoms with van der Waals surface area (Å²) in [5.41, 5.74) is 13.8.